The number of hydrogen-bond donors (Lipinski definition) is 3. The van der Waals surface area contributed by atoms with E-state index in [0.717, 1.165) is 10.9 Å². The fourth-order valence-corrected chi connectivity index (χ4v) is 2.63. The molecule has 0 aliphatic carbocycles. The van der Waals surface area contributed by atoms with E-state index in [1.807, 2.05) is 18.2 Å². The van der Waals surface area contributed by atoms with E-state index in [1.165, 1.54) is 6.92 Å². The van der Waals surface area contributed by atoms with Gasteiger partial charge in [0.25, 0.3) is 5.91 Å². The van der Waals surface area contributed by atoms with Gasteiger partial charge in [-0.05, 0) is 30.7 Å². The molecule has 0 spiro atoms. The lowest BCUT2D eigenvalue weighted by molar-refractivity contribution is -0.119. The van der Waals surface area contributed by atoms with Crippen molar-refractivity contribution in [3.8, 4) is 0 Å². The summed E-state index contributed by atoms with van der Waals surface area (Å²) >= 11 is 0. The number of aryl methyl sites for hydroxylation is 1. The Labute approximate surface area is 155 Å². The third-order valence-corrected chi connectivity index (χ3v) is 4.10. The smallest absolute Gasteiger partial charge is 0.305 e. The van der Waals surface area contributed by atoms with E-state index >= 15 is 0 Å². The molecule has 0 aliphatic rings. The highest BCUT2D eigenvalue weighted by Crippen LogP contribution is 2.24. The van der Waals surface area contributed by atoms with Crippen LogP contribution in [0, 0.1) is 6.92 Å². The van der Waals surface area contributed by atoms with E-state index in [0.29, 0.717) is 23.3 Å². The van der Waals surface area contributed by atoms with Gasteiger partial charge < -0.3 is 9.73 Å². The lowest BCUT2D eigenvalue weighted by atomic mass is 10.1. The molecule has 0 fully saturated rings. The number of carbonyl (C=O) groups is 3. The fraction of sp³-hybridized carbons (Fsp3) is 0.150. The standard InChI is InChI=1S/C20H19N3O4/c1-12-16-5-3-4-6-17(16)27-18(12)20(26)23-22-19(25)15-9-7-14(8-10-15)11-21-13(2)24/h3-10H,11H2,1-2H3,(H,21,24)(H,22,25)(H,23,26). The lowest BCUT2D eigenvalue weighted by Gasteiger charge is -2.07. The first-order chi connectivity index (χ1) is 13.0. The summed E-state index contributed by atoms with van der Waals surface area (Å²) < 4.78 is 5.56. The Bertz CT molecular complexity index is 1010. The minimum atomic E-state index is -0.528. The molecule has 7 heteroatoms. The molecule has 0 saturated carbocycles. The van der Waals surface area contributed by atoms with Crippen molar-refractivity contribution in [1.29, 1.82) is 0 Å². The van der Waals surface area contributed by atoms with Crippen molar-refractivity contribution in [1.82, 2.24) is 16.2 Å². The highest BCUT2D eigenvalue weighted by molar-refractivity contribution is 6.01. The van der Waals surface area contributed by atoms with Crippen LogP contribution in [-0.4, -0.2) is 17.7 Å². The van der Waals surface area contributed by atoms with Crippen molar-refractivity contribution < 1.29 is 18.8 Å². The largest absolute Gasteiger partial charge is 0.451 e. The zero-order chi connectivity index (χ0) is 19.4. The number of hydrazine groups is 1. The predicted octanol–water partition coefficient (Wildman–Crippen LogP) is 2.45. The van der Waals surface area contributed by atoms with Gasteiger partial charge in [-0.3, -0.25) is 25.2 Å². The molecule has 3 amide bonds. The molecule has 27 heavy (non-hydrogen) atoms. The van der Waals surface area contributed by atoms with E-state index in [4.69, 9.17) is 4.42 Å². The maximum absolute atomic E-state index is 12.3. The zero-order valence-electron chi connectivity index (χ0n) is 15.0. The first-order valence-corrected chi connectivity index (χ1v) is 8.38. The molecule has 3 rings (SSSR count). The van der Waals surface area contributed by atoms with Gasteiger partial charge >= 0.3 is 5.91 Å². The van der Waals surface area contributed by atoms with Gasteiger partial charge in [-0.15, -0.1) is 0 Å². The molecule has 0 bridgehead atoms. The van der Waals surface area contributed by atoms with Crippen LogP contribution in [0.1, 0.15) is 39.0 Å². The monoisotopic (exact) mass is 365 g/mol. The van der Waals surface area contributed by atoms with Gasteiger partial charge in [-0.1, -0.05) is 30.3 Å². The maximum Gasteiger partial charge on any atom is 0.305 e. The van der Waals surface area contributed by atoms with E-state index in [2.05, 4.69) is 16.2 Å². The van der Waals surface area contributed by atoms with Crippen LogP contribution in [0.2, 0.25) is 0 Å². The highest BCUT2D eigenvalue weighted by Gasteiger charge is 2.18. The molecule has 3 N–H and O–H groups in total. The minimum Gasteiger partial charge on any atom is -0.451 e. The van der Waals surface area contributed by atoms with Gasteiger partial charge in [0.05, 0.1) is 0 Å². The van der Waals surface area contributed by atoms with E-state index < -0.39 is 11.8 Å². The average molecular weight is 365 g/mol. The van der Waals surface area contributed by atoms with Crippen LogP contribution in [0.4, 0.5) is 0 Å². The molecular weight excluding hydrogens is 346 g/mol. The Morgan fingerprint density at radius 1 is 0.926 bits per heavy atom. The molecule has 1 heterocycles. The van der Waals surface area contributed by atoms with E-state index in [-0.39, 0.29) is 11.7 Å². The van der Waals surface area contributed by atoms with Crippen LogP contribution in [0.3, 0.4) is 0 Å². The Balaban J connectivity index is 1.62. The molecular formula is C20H19N3O4. The molecule has 2 aromatic carbocycles. The van der Waals surface area contributed by atoms with Gasteiger partial charge in [0.1, 0.15) is 5.58 Å². The van der Waals surface area contributed by atoms with Gasteiger partial charge in [-0.2, -0.15) is 0 Å². The van der Waals surface area contributed by atoms with E-state index in [1.54, 1.807) is 37.3 Å². The quantitative estimate of drug-likeness (QED) is 0.618. The number of fused-ring (bicyclic) bond motifs is 1. The van der Waals surface area contributed by atoms with Crippen molar-refractivity contribution in [3.05, 3.63) is 71.0 Å². The third-order valence-electron chi connectivity index (χ3n) is 4.10. The van der Waals surface area contributed by atoms with Crippen LogP contribution >= 0.6 is 0 Å². The van der Waals surface area contributed by atoms with Crippen molar-refractivity contribution in [2.24, 2.45) is 0 Å². The van der Waals surface area contributed by atoms with Gasteiger partial charge in [0, 0.05) is 30.0 Å². The number of para-hydroxylation sites is 1. The van der Waals surface area contributed by atoms with Crippen LogP contribution in [0.25, 0.3) is 11.0 Å². The molecule has 0 unspecified atom stereocenters. The summed E-state index contributed by atoms with van der Waals surface area (Å²) in [6.07, 6.45) is 0. The third kappa shape index (κ3) is 4.14. The van der Waals surface area contributed by atoms with Crippen molar-refractivity contribution >= 4 is 28.7 Å². The van der Waals surface area contributed by atoms with E-state index in [9.17, 15) is 14.4 Å². The van der Waals surface area contributed by atoms with Crippen LogP contribution in [-0.2, 0) is 11.3 Å². The average Bonchev–Trinajstić information content (AvgIpc) is 3.01. The van der Waals surface area contributed by atoms with Crippen LogP contribution in [0.5, 0.6) is 0 Å². The summed E-state index contributed by atoms with van der Waals surface area (Å²) in [7, 11) is 0. The molecule has 0 aliphatic heterocycles. The van der Waals surface area contributed by atoms with Gasteiger partial charge in [0.15, 0.2) is 5.76 Å². The number of amides is 3. The SMILES string of the molecule is CC(=O)NCc1ccc(C(=O)NNC(=O)c2oc3ccccc3c2C)cc1. The molecule has 7 nitrogen and oxygen atoms in total. The Hall–Kier alpha value is -3.61. The summed E-state index contributed by atoms with van der Waals surface area (Å²) in [5, 5.41) is 3.53. The second kappa shape index (κ2) is 7.74. The summed E-state index contributed by atoms with van der Waals surface area (Å²) in [6.45, 7) is 3.61. The summed E-state index contributed by atoms with van der Waals surface area (Å²) in [4.78, 5) is 35.4. The van der Waals surface area contributed by atoms with Crippen LogP contribution < -0.4 is 16.2 Å². The van der Waals surface area contributed by atoms with Gasteiger partial charge in [0.2, 0.25) is 5.91 Å². The molecule has 3 aromatic rings. The summed E-state index contributed by atoms with van der Waals surface area (Å²) in [5.74, 6) is -0.954. The topological polar surface area (TPSA) is 100 Å². The summed E-state index contributed by atoms with van der Waals surface area (Å²) in [6, 6.07) is 14.0. The fourth-order valence-electron chi connectivity index (χ4n) is 2.63. The van der Waals surface area contributed by atoms with Crippen molar-refractivity contribution in [2.45, 2.75) is 20.4 Å². The summed E-state index contributed by atoms with van der Waals surface area (Å²) in [5.41, 5.74) is 7.30. The lowest BCUT2D eigenvalue weighted by Crippen LogP contribution is -2.41. The number of hydrogen-bond acceptors (Lipinski definition) is 4. The highest BCUT2D eigenvalue weighted by atomic mass is 16.3. The Morgan fingerprint density at radius 2 is 1.59 bits per heavy atom. The predicted molar refractivity (Wildman–Crippen MR) is 99.8 cm³/mol. The Kier molecular flexibility index (Phi) is 5.21. The first kappa shape index (κ1) is 18.2. The number of rotatable bonds is 4. The second-order valence-electron chi connectivity index (χ2n) is 6.07. The minimum absolute atomic E-state index is 0.125. The Morgan fingerprint density at radius 3 is 2.26 bits per heavy atom. The molecule has 0 atom stereocenters. The van der Waals surface area contributed by atoms with Gasteiger partial charge in [-0.25, -0.2) is 0 Å². The molecule has 1 aromatic heterocycles. The molecule has 0 saturated heterocycles. The number of furan rings is 1. The molecule has 138 valence electrons. The van der Waals surface area contributed by atoms with Crippen LogP contribution in [0.15, 0.2) is 52.9 Å². The number of nitrogens with one attached hydrogen (secondary N) is 3. The van der Waals surface area contributed by atoms with Crippen molar-refractivity contribution in [2.75, 3.05) is 0 Å². The second-order valence-corrected chi connectivity index (χ2v) is 6.07. The van der Waals surface area contributed by atoms with Crippen molar-refractivity contribution in [3.63, 3.8) is 0 Å². The normalized spacial score (nSPS) is 10.4. The maximum atomic E-state index is 12.3. The molecule has 0 radical (unpaired) electrons. The number of carbonyl (C=O) groups excluding carboxylic acids is 3. The first-order valence-electron chi connectivity index (χ1n) is 8.38. The zero-order valence-corrected chi connectivity index (χ0v) is 15.0. The number of benzene rings is 2.